The predicted molar refractivity (Wildman–Crippen MR) is 38.5 cm³/mol. The number of Topliss-reactive ketones (excluding diaryl/α,β-unsaturated/α-hetero) is 1. The monoisotopic (exact) mass is 132 g/mol. The van der Waals surface area contributed by atoms with Gasteiger partial charge in [-0.1, -0.05) is 0 Å². The molecule has 0 aliphatic rings. The molecule has 0 saturated carbocycles. The largest absolute Gasteiger partial charge is 0.382 e. The molecule has 9 heavy (non-hydrogen) atoms. The highest BCUT2D eigenvalue weighted by Gasteiger charge is 1.64. The van der Waals surface area contributed by atoms with Crippen LogP contribution in [-0.2, 0) is 9.53 Å². The van der Waals surface area contributed by atoms with E-state index in [1.54, 1.807) is 0 Å². The van der Waals surface area contributed by atoms with E-state index < -0.39 is 0 Å². The second-order valence-corrected chi connectivity index (χ2v) is 1.69. The second kappa shape index (κ2) is 10.6. The first-order valence-electron chi connectivity index (χ1n) is 3.20. The summed E-state index contributed by atoms with van der Waals surface area (Å²) in [5.74, 6) is 0.167. The minimum atomic E-state index is 0.167. The highest BCUT2D eigenvalue weighted by molar-refractivity contribution is 5.72. The fourth-order valence-corrected chi connectivity index (χ4v) is 0.204. The van der Waals surface area contributed by atoms with E-state index in [0.29, 0.717) is 0 Å². The highest BCUT2D eigenvalue weighted by atomic mass is 16.5. The van der Waals surface area contributed by atoms with Gasteiger partial charge in [-0.15, -0.1) is 0 Å². The van der Waals surface area contributed by atoms with Gasteiger partial charge in [-0.3, -0.25) is 0 Å². The van der Waals surface area contributed by atoms with Gasteiger partial charge in [-0.05, 0) is 27.7 Å². The fourth-order valence-electron chi connectivity index (χ4n) is 0.204. The smallest absolute Gasteiger partial charge is 0.126 e. The first kappa shape index (κ1) is 11.4. The Morgan fingerprint density at radius 1 is 1.22 bits per heavy atom. The van der Waals surface area contributed by atoms with Gasteiger partial charge in [0.2, 0.25) is 0 Å². The molecule has 0 bridgehead atoms. The number of hydrogen-bond donors (Lipinski definition) is 0. The van der Waals surface area contributed by atoms with Crippen molar-refractivity contribution in [1.82, 2.24) is 0 Å². The molecular formula is C7H16O2. The van der Waals surface area contributed by atoms with Crippen molar-refractivity contribution in [3.05, 3.63) is 0 Å². The summed E-state index contributed by atoms with van der Waals surface area (Å²) >= 11 is 0. The van der Waals surface area contributed by atoms with Gasteiger partial charge < -0.3 is 9.53 Å². The van der Waals surface area contributed by atoms with Gasteiger partial charge in [0.1, 0.15) is 5.78 Å². The van der Waals surface area contributed by atoms with Crippen molar-refractivity contribution in [2.75, 3.05) is 13.2 Å². The number of carbonyl (C=O) groups is 1. The van der Waals surface area contributed by atoms with Crippen LogP contribution in [0, 0.1) is 0 Å². The van der Waals surface area contributed by atoms with Crippen LogP contribution in [-0.4, -0.2) is 19.0 Å². The van der Waals surface area contributed by atoms with E-state index in [4.69, 9.17) is 4.74 Å². The third-order valence-electron chi connectivity index (χ3n) is 0.408. The maximum Gasteiger partial charge on any atom is 0.126 e. The van der Waals surface area contributed by atoms with Crippen LogP contribution in [0.5, 0.6) is 0 Å². The van der Waals surface area contributed by atoms with Gasteiger partial charge >= 0.3 is 0 Å². The predicted octanol–water partition coefficient (Wildman–Crippen LogP) is 1.64. The average molecular weight is 132 g/mol. The van der Waals surface area contributed by atoms with Crippen LogP contribution in [0.25, 0.3) is 0 Å². The quantitative estimate of drug-likeness (QED) is 0.571. The molecule has 0 aliphatic heterocycles. The zero-order valence-electron chi connectivity index (χ0n) is 6.73. The molecule has 0 saturated heterocycles. The Kier molecular flexibility index (Phi) is 13.4. The summed E-state index contributed by atoms with van der Waals surface area (Å²) in [6.07, 6.45) is 0. The molecular weight excluding hydrogens is 116 g/mol. The van der Waals surface area contributed by atoms with Gasteiger partial charge in [0, 0.05) is 13.2 Å². The van der Waals surface area contributed by atoms with Crippen LogP contribution < -0.4 is 0 Å². The van der Waals surface area contributed by atoms with Gasteiger partial charge in [-0.2, -0.15) is 0 Å². The summed E-state index contributed by atoms with van der Waals surface area (Å²) in [6.45, 7) is 8.72. The van der Waals surface area contributed by atoms with Crippen LogP contribution in [0.4, 0.5) is 0 Å². The molecule has 0 radical (unpaired) electrons. The Balaban J connectivity index is 0. The summed E-state index contributed by atoms with van der Waals surface area (Å²) in [7, 11) is 0. The molecule has 0 spiro atoms. The summed E-state index contributed by atoms with van der Waals surface area (Å²) in [6, 6.07) is 0. The van der Waals surface area contributed by atoms with E-state index in [9.17, 15) is 4.79 Å². The van der Waals surface area contributed by atoms with Crippen molar-refractivity contribution in [3.63, 3.8) is 0 Å². The highest BCUT2D eigenvalue weighted by Crippen LogP contribution is 1.64. The fraction of sp³-hybridized carbons (Fsp3) is 0.857. The van der Waals surface area contributed by atoms with Crippen LogP contribution in [0.1, 0.15) is 27.7 Å². The maximum atomic E-state index is 9.44. The zero-order chi connectivity index (χ0) is 7.70. The Morgan fingerprint density at radius 3 is 1.44 bits per heavy atom. The van der Waals surface area contributed by atoms with Crippen LogP contribution >= 0.6 is 0 Å². The molecule has 0 rings (SSSR count). The Bertz CT molecular complexity index is 53.9. The molecule has 2 nitrogen and oxygen atoms in total. The lowest BCUT2D eigenvalue weighted by molar-refractivity contribution is -0.114. The Morgan fingerprint density at radius 2 is 1.44 bits per heavy atom. The van der Waals surface area contributed by atoms with Gasteiger partial charge in [0.25, 0.3) is 0 Å². The van der Waals surface area contributed by atoms with Gasteiger partial charge in [0.05, 0.1) is 0 Å². The number of rotatable bonds is 2. The summed E-state index contributed by atoms with van der Waals surface area (Å²) < 4.78 is 4.83. The maximum absolute atomic E-state index is 9.44. The lowest BCUT2D eigenvalue weighted by atomic mass is 10.6. The third kappa shape index (κ3) is 91.0. The summed E-state index contributed by atoms with van der Waals surface area (Å²) in [4.78, 5) is 9.44. The van der Waals surface area contributed by atoms with Crippen LogP contribution in [0.15, 0.2) is 0 Å². The molecule has 2 heteroatoms. The molecule has 0 fully saturated rings. The molecule has 0 aromatic rings. The summed E-state index contributed by atoms with van der Waals surface area (Å²) in [5, 5.41) is 0. The summed E-state index contributed by atoms with van der Waals surface area (Å²) in [5.41, 5.74) is 0. The molecule has 0 unspecified atom stereocenters. The van der Waals surface area contributed by atoms with Crippen molar-refractivity contribution < 1.29 is 9.53 Å². The SMILES string of the molecule is CC(C)=O.CCOCC. The van der Waals surface area contributed by atoms with Crippen molar-refractivity contribution in [2.24, 2.45) is 0 Å². The van der Waals surface area contributed by atoms with Crippen LogP contribution in [0.2, 0.25) is 0 Å². The Labute approximate surface area is 57.2 Å². The van der Waals surface area contributed by atoms with E-state index in [1.165, 1.54) is 13.8 Å². The lowest BCUT2D eigenvalue weighted by Crippen LogP contribution is -1.84. The minimum Gasteiger partial charge on any atom is -0.382 e. The molecule has 0 aromatic heterocycles. The molecule has 0 amide bonds. The van der Waals surface area contributed by atoms with Crippen molar-refractivity contribution in [2.45, 2.75) is 27.7 Å². The van der Waals surface area contributed by atoms with Gasteiger partial charge in [-0.25, -0.2) is 0 Å². The lowest BCUT2D eigenvalue weighted by Gasteiger charge is -1.86. The first-order valence-corrected chi connectivity index (χ1v) is 3.20. The molecule has 0 atom stereocenters. The normalized spacial score (nSPS) is 7.56. The van der Waals surface area contributed by atoms with E-state index in [1.807, 2.05) is 13.8 Å². The molecule has 56 valence electrons. The number of hydrogen-bond acceptors (Lipinski definition) is 2. The second-order valence-electron chi connectivity index (χ2n) is 1.69. The van der Waals surface area contributed by atoms with E-state index in [2.05, 4.69) is 0 Å². The standard InChI is InChI=1S/C4H10O.C3H6O/c1-3-5-4-2;1-3(2)4/h3-4H2,1-2H3;1-2H3. The van der Waals surface area contributed by atoms with E-state index in [0.717, 1.165) is 13.2 Å². The first-order chi connectivity index (χ1) is 4.15. The average Bonchev–Trinajstić information content (AvgIpc) is 1.66. The van der Waals surface area contributed by atoms with Gasteiger partial charge in [0.15, 0.2) is 0 Å². The zero-order valence-corrected chi connectivity index (χ0v) is 6.73. The Hall–Kier alpha value is -0.370. The third-order valence-corrected chi connectivity index (χ3v) is 0.408. The molecule has 0 heterocycles. The molecule has 0 aromatic carbocycles. The number of ether oxygens (including phenoxy) is 1. The minimum absolute atomic E-state index is 0.167. The van der Waals surface area contributed by atoms with Crippen molar-refractivity contribution >= 4 is 5.78 Å². The molecule has 0 aliphatic carbocycles. The van der Waals surface area contributed by atoms with Crippen molar-refractivity contribution in [1.29, 1.82) is 0 Å². The van der Waals surface area contributed by atoms with E-state index in [-0.39, 0.29) is 5.78 Å². The van der Waals surface area contributed by atoms with Crippen molar-refractivity contribution in [3.8, 4) is 0 Å². The molecule has 0 N–H and O–H groups in total. The topological polar surface area (TPSA) is 26.3 Å². The number of ketones is 1. The number of carbonyl (C=O) groups excluding carboxylic acids is 1. The van der Waals surface area contributed by atoms with E-state index >= 15 is 0 Å². The van der Waals surface area contributed by atoms with Crippen LogP contribution in [0.3, 0.4) is 0 Å².